The Hall–Kier alpha value is -0.120. The summed E-state index contributed by atoms with van der Waals surface area (Å²) < 4.78 is 4.98. The number of methoxy groups -OCH3 is 1. The molecule has 15 heavy (non-hydrogen) atoms. The van der Waals surface area contributed by atoms with E-state index >= 15 is 0 Å². The van der Waals surface area contributed by atoms with E-state index in [1.54, 1.807) is 7.11 Å². The Morgan fingerprint density at radius 3 is 2.73 bits per heavy atom. The SMILES string of the molecule is COCCNCCNC1CC2CCC1C2. The van der Waals surface area contributed by atoms with Crippen LogP contribution in [0.2, 0.25) is 0 Å². The lowest BCUT2D eigenvalue weighted by molar-refractivity contribution is 0.199. The first-order chi connectivity index (χ1) is 7.40. The summed E-state index contributed by atoms with van der Waals surface area (Å²) in [4.78, 5) is 0. The Bertz CT molecular complexity index is 186. The molecular formula is C12H24N2O. The highest BCUT2D eigenvalue weighted by molar-refractivity contribution is 4.93. The molecule has 3 nitrogen and oxygen atoms in total. The number of hydrogen-bond donors (Lipinski definition) is 2. The first-order valence-corrected chi connectivity index (χ1v) is 6.33. The zero-order chi connectivity index (χ0) is 10.5. The van der Waals surface area contributed by atoms with Gasteiger partial charge in [0.25, 0.3) is 0 Å². The minimum absolute atomic E-state index is 0.814. The molecule has 0 saturated heterocycles. The molecule has 0 radical (unpaired) electrons. The second kappa shape index (κ2) is 5.83. The first kappa shape index (κ1) is 11.4. The number of hydrogen-bond acceptors (Lipinski definition) is 3. The van der Waals surface area contributed by atoms with Crippen molar-refractivity contribution in [3.63, 3.8) is 0 Å². The van der Waals surface area contributed by atoms with Gasteiger partial charge >= 0.3 is 0 Å². The molecule has 0 heterocycles. The number of nitrogens with one attached hydrogen (secondary N) is 2. The zero-order valence-corrected chi connectivity index (χ0v) is 9.80. The van der Waals surface area contributed by atoms with Crippen molar-refractivity contribution >= 4 is 0 Å². The molecule has 0 aromatic heterocycles. The minimum atomic E-state index is 0.814. The molecule has 2 saturated carbocycles. The van der Waals surface area contributed by atoms with Gasteiger partial charge in [-0.1, -0.05) is 6.42 Å². The van der Waals surface area contributed by atoms with Crippen molar-refractivity contribution in [2.75, 3.05) is 33.4 Å². The molecule has 0 aliphatic heterocycles. The van der Waals surface area contributed by atoms with E-state index in [1.165, 1.54) is 25.7 Å². The Kier molecular flexibility index (Phi) is 4.42. The molecule has 3 unspecified atom stereocenters. The van der Waals surface area contributed by atoms with Gasteiger partial charge in [-0.05, 0) is 31.1 Å². The summed E-state index contributed by atoms with van der Waals surface area (Å²) in [7, 11) is 1.75. The van der Waals surface area contributed by atoms with E-state index in [2.05, 4.69) is 10.6 Å². The summed E-state index contributed by atoms with van der Waals surface area (Å²) in [6, 6.07) is 0.827. The second-order valence-electron chi connectivity index (χ2n) is 4.98. The molecule has 2 aliphatic carbocycles. The molecule has 2 aliphatic rings. The van der Waals surface area contributed by atoms with Crippen LogP contribution in [0.3, 0.4) is 0 Å². The summed E-state index contributed by atoms with van der Waals surface area (Å²) in [5, 5.41) is 7.05. The van der Waals surface area contributed by atoms with E-state index in [4.69, 9.17) is 4.74 Å². The summed E-state index contributed by atoms with van der Waals surface area (Å²) in [6.45, 7) is 3.96. The zero-order valence-electron chi connectivity index (χ0n) is 9.80. The third kappa shape index (κ3) is 3.16. The lowest BCUT2D eigenvalue weighted by Gasteiger charge is -2.23. The van der Waals surface area contributed by atoms with E-state index in [-0.39, 0.29) is 0 Å². The predicted octanol–water partition coefficient (Wildman–Crippen LogP) is 1.00. The molecule has 2 N–H and O–H groups in total. The van der Waals surface area contributed by atoms with Gasteiger partial charge in [0.2, 0.25) is 0 Å². The Morgan fingerprint density at radius 1 is 1.13 bits per heavy atom. The van der Waals surface area contributed by atoms with Crippen LogP contribution in [0.25, 0.3) is 0 Å². The molecule has 88 valence electrons. The van der Waals surface area contributed by atoms with Gasteiger partial charge in [0.15, 0.2) is 0 Å². The molecule has 2 bridgehead atoms. The van der Waals surface area contributed by atoms with Crippen molar-refractivity contribution in [3.8, 4) is 0 Å². The molecular weight excluding hydrogens is 188 g/mol. The van der Waals surface area contributed by atoms with Crippen LogP contribution >= 0.6 is 0 Å². The summed E-state index contributed by atoms with van der Waals surface area (Å²) >= 11 is 0. The molecule has 0 aromatic rings. The fourth-order valence-electron chi connectivity index (χ4n) is 3.14. The summed E-state index contributed by atoms with van der Waals surface area (Å²) in [5.74, 6) is 2.04. The number of rotatable bonds is 7. The largest absolute Gasteiger partial charge is 0.383 e. The fraction of sp³-hybridized carbons (Fsp3) is 1.00. The molecule has 0 amide bonds. The van der Waals surface area contributed by atoms with Crippen molar-refractivity contribution in [1.29, 1.82) is 0 Å². The van der Waals surface area contributed by atoms with Crippen LogP contribution in [0.15, 0.2) is 0 Å². The third-order valence-corrected chi connectivity index (χ3v) is 3.93. The highest BCUT2D eigenvalue weighted by Crippen LogP contribution is 2.44. The summed E-state index contributed by atoms with van der Waals surface area (Å²) in [5.41, 5.74) is 0. The molecule has 0 aromatic carbocycles. The molecule has 2 rings (SSSR count). The molecule has 3 atom stereocenters. The van der Waals surface area contributed by atoms with Gasteiger partial charge in [0, 0.05) is 32.8 Å². The highest BCUT2D eigenvalue weighted by atomic mass is 16.5. The smallest absolute Gasteiger partial charge is 0.0587 e. The number of fused-ring (bicyclic) bond motifs is 2. The van der Waals surface area contributed by atoms with Gasteiger partial charge in [-0.3, -0.25) is 0 Å². The van der Waals surface area contributed by atoms with Crippen LogP contribution in [-0.4, -0.2) is 39.4 Å². The van der Waals surface area contributed by atoms with Crippen LogP contribution in [0.4, 0.5) is 0 Å². The average Bonchev–Trinajstić information content (AvgIpc) is 2.85. The van der Waals surface area contributed by atoms with Crippen molar-refractivity contribution in [2.45, 2.75) is 31.7 Å². The maximum absolute atomic E-state index is 4.98. The van der Waals surface area contributed by atoms with Gasteiger partial charge in [-0.2, -0.15) is 0 Å². The van der Waals surface area contributed by atoms with Gasteiger partial charge in [-0.25, -0.2) is 0 Å². The van der Waals surface area contributed by atoms with Crippen molar-refractivity contribution in [1.82, 2.24) is 10.6 Å². The minimum Gasteiger partial charge on any atom is -0.383 e. The standard InChI is InChI=1S/C12H24N2O/c1-15-7-6-13-4-5-14-12-9-10-2-3-11(12)8-10/h10-14H,2-9H2,1H3. The Labute approximate surface area is 93.0 Å². The van der Waals surface area contributed by atoms with Crippen LogP contribution in [0.1, 0.15) is 25.7 Å². The molecule has 3 heteroatoms. The maximum Gasteiger partial charge on any atom is 0.0587 e. The van der Waals surface area contributed by atoms with E-state index in [9.17, 15) is 0 Å². The van der Waals surface area contributed by atoms with Gasteiger partial charge in [-0.15, -0.1) is 0 Å². The monoisotopic (exact) mass is 212 g/mol. The lowest BCUT2D eigenvalue weighted by atomic mass is 9.95. The highest BCUT2D eigenvalue weighted by Gasteiger charge is 2.38. The van der Waals surface area contributed by atoms with Gasteiger partial charge in [0.1, 0.15) is 0 Å². The summed E-state index contributed by atoms with van der Waals surface area (Å²) in [6.07, 6.45) is 5.89. The first-order valence-electron chi connectivity index (χ1n) is 6.33. The van der Waals surface area contributed by atoms with Gasteiger partial charge < -0.3 is 15.4 Å². The van der Waals surface area contributed by atoms with Crippen molar-refractivity contribution in [2.24, 2.45) is 11.8 Å². The maximum atomic E-state index is 4.98. The average molecular weight is 212 g/mol. The van der Waals surface area contributed by atoms with Crippen LogP contribution in [0.5, 0.6) is 0 Å². The predicted molar refractivity (Wildman–Crippen MR) is 62.0 cm³/mol. The Morgan fingerprint density at radius 2 is 2.07 bits per heavy atom. The quantitative estimate of drug-likeness (QED) is 0.618. The van der Waals surface area contributed by atoms with E-state index in [0.717, 1.165) is 44.1 Å². The van der Waals surface area contributed by atoms with E-state index < -0.39 is 0 Å². The van der Waals surface area contributed by atoms with E-state index in [0.29, 0.717) is 0 Å². The third-order valence-electron chi connectivity index (χ3n) is 3.93. The molecule has 2 fully saturated rings. The van der Waals surface area contributed by atoms with Gasteiger partial charge in [0.05, 0.1) is 6.61 Å². The lowest BCUT2D eigenvalue weighted by Crippen LogP contribution is -2.38. The second-order valence-corrected chi connectivity index (χ2v) is 4.98. The molecule has 0 spiro atoms. The van der Waals surface area contributed by atoms with Crippen molar-refractivity contribution in [3.05, 3.63) is 0 Å². The van der Waals surface area contributed by atoms with Crippen LogP contribution < -0.4 is 10.6 Å². The normalized spacial score (nSPS) is 33.8. The van der Waals surface area contributed by atoms with Crippen LogP contribution in [0, 0.1) is 11.8 Å². The topological polar surface area (TPSA) is 33.3 Å². The van der Waals surface area contributed by atoms with Crippen molar-refractivity contribution < 1.29 is 4.74 Å². The Balaban J connectivity index is 1.48. The van der Waals surface area contributed by atoms with E-state index in [1.807, 2.05) is 0 Å². The van der Waals surface area contributed by atoms with Crippen LogP contribution in [-0.2, 0) is 4.74 Å². The number of ether oxygens (including phenoxy) is 1. The fourth-order valence-corrected chi connectivity index (χ4v) is 3.14.